The molecule has 0 N–H and O–H groups in total. The van der Waals surface area contributed by atoms with Crippen molar-refractivity contribution in [1.29, 1.82) is 0 Å². The van der Waals surface area contributed by atoms with Crippen LogP contribution in [0.2, 0.25) is 5.02 Å². The van der Waals surface area contributed by atoms with Crippen LogP contribution in [0.25, 0.3) is 0 Å². The van der Waals surface area contributed by atoms with E-state index in [0.717, 1.165) is 12.0 Å². The Balaban J connectivity index is 3.05. The number of benzene rings is 1. The summed E-state index contributed by atoms with van der Waals surface area (Å²) >= 11 is 5.71. The Labute approximate surface area is 80.2 Å². The summed E-state index contributed by atoms with van der Waals surface area (Å²) in [4.78, 5) is 13.8. The van der Waals surface area contributed by atoms with Gasteiger partial charge in [-0.3, -0.25) is 0 Å². The van der Waals surface area contributed by atoms with Gasteiger partial charge >= 0.3 is 5.97 Å². The Morgan fingerprint density at radius 1 is 1.62 bits per heavy atom. The van der Waals surface area contributed by atoms with Crippen LogP contribution in [0.4, 0.5) is 4.53 Å². The molecule has 0 heterocycles. The second-order valence-electron chi connectivity index (χ2n) is 2.53. The maximum Gasteiger partial charge on any atom is 0.381 e. The fourth-order valence-electron chi connectivity index (χ4n) is 0.986. The summed E-state index contributed by atoms with van der Waals surface area (Å²) in [5.41, 5.74) is 1.03. The van der Waals surface area contributed by atoms with Crippen molar-refractivity contribution >= 4 is 17.6 Å². The van der Waals surface area contributed by atoms with Crippen molar-refractivity contribution in [2.75, 3.05) is 0 Å². The fraction of sp³-hybridized carbons (Fsp3) is 0.222. The molecule has 0 aliphatic carbocycles. The van der Waals surface area contributed by atoms with Gasteiger partial charge in [-0.05, 0) is 24.1 Å². The number of carbonyl (C=O) groups excluding carboxylic acids is 1. The average Bonchev–Trinajstić information content (AvgIpc) is 2.16. The predicted octanol–water partition coefficient (Wildman–Crippen LogP) is 2.94. The van der Waals surface area contributed by atoms with Gasteiger partial charge in [-0.15, -0.1) is 0 Å². The molecule has 0 aliphatic rings. The highest BCUT2D eigenvalue weighted by molar-refractivity contribution is 6.33. The lowest BCUT2D eigenvalue weighted by molar-refractivity contribution is -0.0787. The summed E-state index contributed by atoms with van der Waals surface area (Å²) in [5.74, 6) is -1.06. The highest BCUT2D eigenvalue weighted by Gasteiger charge is 2.12. The smallest absolute Gasteiger partial charge is 0.249 e. The Kier molecular flexibility index (Phi) is 3.25. The van der Waals surface area contributed by atoms with Crippen LogP contribution >= 0.6 is 11.6 Å². The molecule has 4 heteroatoms. The predicted molar refractivity (Wildman–Crippen MR) is 47.4 cm³/mol. The molecule has 0 amide bonds. The molecule has 1 aromatic carbocycles. The lowest BCUT2D eigenvalue weighted by Gasteiger charge is -2.01. The van der Waals surface area contributed by atoms with Crippen LogP contribution in [0, 0.1) is 0 Å². The highest BCUT2D eigenvalue weighted by Crippen LogP contribution is 2.19. The normalized spacial score (nSPS) is 9.77. The summed E-state index contributed by atoms with van der Waals surface area (Å²) < 4.78 is 11.5. The van der Waals surface area contributed by atoms with Crippen LogP contribution in [0.1, 0.15) is 22.8 Å². The van der Waals surface area contributed by atoms with Gasteiger partial charge in [0.25, 0.3) is 0 Å². The Morgan fingerprint density at radius 3 is 2.77 bits per heavy atom. The molecule has 1 rings (SSSR count). The van der Waals surface area contributed by atoms with Gasteiger partial charge in [-0.25, -0.2) is 9.74 Å². The number of rotatable bonds is 2. The van der Waals surface area contributed by atoms with E-state index >= 15 is 0 Å². The Bertz CT molecular complexity index is 325. The third kappa shape index (κ3) is 2.18. The summed E-state index contributed by atoms with van der Waals surface area (Å²) in [5, 5.41) is 0.210. The molecule has 0 radical (unpaired) electrons. The van der Waals surface area contributed by atoms with E-state index in [2.05, 4.69) is 4.94 Å². The van der Waals surface area contributed by atoms with Crippen LogP contribution in [0.15, 0.2) is 18.2 Å². The van der Waals surface area contributed by atoms with E-state index in [4.69, 9.17) is 11.6 Å². The van der Waals surface area contributed by atoms with E-state index in [1.54, 1.807) is 12.1 Å². The first-order chi connectivity index (χ1) is 6.19. The lowest BCUT2D eigenvalue weighted by atomic mass is 10.1. The third-order valence-corrected chi connectivity index (χ3v) is 2.04. The molecule has 0 saturated heterocycles. The van der Waals surface area contributed by atoms with Crippen molar-refractivity contribution in [1.82, 2.24) is 0 Å². The van der Waals surface area contributed by atoms with Crippen LogP contribution in [-0.2, 0) is 11.4 Å². The van der Waals surface area contributed by atoms with Gasteiger partial charge in [0.05, 0.1) is 10.6 Å². The average molecular weight is 203 g/mol. The minimum atomic E-state index is -1.06. The summed E-state index contributed by atoms with van der Waals surface area (Å²) in [7, 11) is 0. The Hall–Kier alpha value is -1.09. The molecule has 0 fully saturated rings. The van der Waals surface area contributed by atoms with Crippen molar-refractivity contribution in [3.05, 3.63) is 34.3 Å². The first kappa shape index (κ1) is 9.99. The number of carbonyl (C=O) groups is 1. The molecule has 0 atom stereocenters. The van der Waals surface area contributed by atoms with Crippen LogP contribution in [0.3, 0.4) is 0 Å². The van der Waals surface area contributed by atoms with E-state index in [9.17, 15) is 9.32 Å². The number of aryl methyl sites for hydroxylation is 1. The fourth-order valence-corrected chi connectivity index (χ4v) is 1.27. The van der Waals surface area contributed by atoms with Crippen molar-refractivity contribution in [3.63, 3.8) is 0 Å². The number of hydrogen-bond acceptors (Lipinski definition) is 2. The molecular weight excluding hydrogens is 195 g/mol. The third-order valence-electron chi connectivity index (χ3n) is 1.73. The molecule has 70 valence electrons. The van der Waals surface area contributed by atoms with Gasteiger partial charge in [-0.1, -0.05) is 24.6 Å². The van der Waals surface area contributed by atoms with Gasteiger partial charge in [-0.2, -0.15) is 0 Å². The second-order valence-corrected chi connectivity index (χ2v) is 2.94. The van der Waals surface area contributed by atoms with Crippen LogP contribution < -0.4 is 0 Å². The molecule has 0 saturated carbocycles. The van der Waals surface area contributed by atoms with Gasteiger partial charge in [0, 0.05) is 4.53 Å². The van der Waals surface area contributed by atoms with Crippen molar-refractivity contribution in [2.24, 2.45) is 0 Å². The first-order valence-electron chi connectivity index (χ1n) is 3.80. The zero-order valence-corrected chi connectivity index (χ0v) is 7.77. The molecule has 13 heavy (non-hydrogen) atoms. The summed E-state index contributed by atoms with van der Waals surface area (Å²) in [6.45, 7) is 1.96. The van der Waals surface area contributed by atoms with E-state index in [0.29, 0.717) is 0 Å². The van der Waals surface area contributed by atoms with Gasteiger partial charge in [0.15, 0.2) is 0 Å². The largest absolute Gasteiger partial charge is 0.381 e. The minimum Gasteiger partial charge on any atom is -0.249 e. The minimum absolute atomic E-state index is 0.0429. The SMILES string of the molecule is CCc1ccc(C(=O)OF)c(Cl)c1. The second kappa shape index (κ2) is 4.23. The summed E-state index contributed by atoms with van der Waals surface area (Å²) in [6.07, 6.45) is 0.810. The lowest BCUT2D eigenvalue weighted by Crippen LogP contribution is -1.99. The molecule has 0 spiro atoms. The van der Waals surface area contributed by atoms with Gasteiger partial charge in [0.1, 0.15) is 0 Å². The molecule has 0 aromatic heterocycles. The molecule has 0 unspecified atom stereocenters. The maximum atomic E-state index is 11.5. The first-order valence-corrected chi connectivity index (χ1v) is 4.18. The van der Waals surface area contributed by atoms with Gasteiger partial charge < -0.3 is 0 Å². The van der Waals surface area contributed by atoms with E-state index < -0.39 is 5.97 Å². The van der Waals surface area contributed by atoms with Crippen LogP contribution in [0.5, 0.6) is 0 Å². The Morgan fingerprint density at radius 2 is 2.31 bits per heavy atom. The maximum absolute atomic E-state index is 11.5. The number of halogens is 2. The monoisotopic (exact) mass is 202 g/mol. The summed E-state index contributed by atoms with van der Waals surface area (Å²) in [6, 6.07) is 4.77. The highest BCUT2D eigenvalue weighted by atomic mass is 35.5. The standard InChI is InChI=1S/C9H8ClFO2/c1-2-6-3-4-7(8(10)5-6)9(12)13-11/h3-5H,2H2,1H3. The van der Waals surface area contributed by atoms with Crippen LogP contribution in [-0.4, -0.2) is 5.97 Å². The van der Waals surface area contributed by atoms with Gasteiger partial charge in [0.2, 0.25) is 0 Å². The topological polar surface area (TPSA) is 26.3 Å². The molecule has 0 aliphatic heterocycles. The molecule has 2 nitrogen and oxygen atoms in total. The van der Waals surface area contributed by atoms with Crippen molar-refractivity contribution in [3.8, 4) is 0 Å². The molecular formula is C9H8ClFO2. The number of hydrogen-bond donors (Lipinski definition) is 0. The van der Waals surface area contributed by atoms with E-state index in [-0.39, 0.29) is 10.6 Å². The van der Waals surface area contributed by atoms with E-state index in [1.165, 1.54) is 6.07 Å². The van der Waals surface area contributed by atoms with E-state index in [1.807, 2.05) is 6.92 Å². The molecule has 0 bridgehead atoms. The molecule has 1 aromatic rings. The van der Waals surface area contributed by atoms with Crippen molar-refractivity contribution < 1.29 is 14.3 Å². The zero-order chi connectivity index (χ0) is 9.84. The van der Waals surface area contributed by atoms with Crippen molar-refractivity contribution in [2.45, 2.75) is 13.3 Å². The quantitative estimate of drug-likeness (QED) is 0.737. The zero-order valence-electron chi connectivity index (χ0n) is 7.01.